The van der Waals surface area contributed by atoms with E-state index in [1.807, 2.05) is 30.3 Å². The number of hydrogen-bond acceptors (Lipinski definition) is 6. The number of ether oxygens (including phenoxy) is 1. The summed E-state index contributed by atoms with van der Waals surface area (Å²) >= 11 is 3.43. The van der Waals surface area contributed by atoms with Gasteiger partial charge < -0.3 is 20.1 Å². The van der Waals surface area contributed by atoms with Crippen molar-refractivity contribution in [2.75, 3.05) is 20.2 Å². The van der Waals surface area contributed by atoms with Gasteiger partial charge in [0.1, 0.15) is 23.0 Å². The molecule has 7 heteroatoms. The third-order valence-corrected chi connectivity index (χ3v) is 6.28. The molecule has 4 rings (SSSR count). The van der Waals surface area contributed by atoms with E-state index in [1.54, 1.807) is 37.4 Å². The number of rotatable bonds is 6. The summed E-state index contributed by atoms with van der Waals surface area (Å²) in [5.41, 5.74) is 2.34. The van der Waals surface area contributed by atoms with E-state index >= 15 is 0 Å². The van der Waals surface area contributed by atoms with Crippen molar-refractivity contribution in [3.05, 3.63) is 81.8 Å². The summed E-state index contributed by atoms with van der Waals surface area (Å²) in [7, 11) is 1.59. The van der Waals surface area contributed by atoms with Crippen LogP contribution >= 0.6 is 15.9 Å². The van der Waals surface area contributed by atoms with E-state index in [9.17, 15) is 15.3 Å². The van der Waals surface area contributed by atoms with Crippen LogP contribution in [0, 0.1) is 0 Å². The molecule has 162 valence electrons. The summed E-state index contributed by atoms with van der Waals surface area (Å²) in [6.45, 7) is 2.51. The number of benzene rings is 3. The highest BCUT2D eigenvalue weighted by Crippen LogP contribution is 2.43. The molecule has 0 atom stereocenters. The molecule has 1 saturated heterocycles. The molecule has 0 aliphatic carbocycles. The summed E-state index contributed by atoms with van der Waals surface area (Å²) in [4.78, 5) is 4.41. The molecule has 3 aromatic carbocycles. The Hall–Kier alpha value is -2.74. The number of aromatic hydroxyl groups is 3. The molecule has 0 amide bonds. The van der Waals surface area contributed by atoms with Gasteiger partial charge in [0.25, 0.3) is 0 Å². The molecular weight excluding hydrogens is 460 g/mol. The van der Waals surface area contributed by atoms with E-state index in [0.29, 0.717) is 28.9 Å². The third kappa shape index (κ3) is 4.49. The second kappa shape index (κ2) is 9.18. The predicted octanol–water partition coefficient (Wildman–Crippen LogP) is 4.59. The Kier molecular flexibility index (Phi) is 6.36. The first-order chi connectivity index (χ1) is 15.0. The van der Waals surface area contributed by atoms with Crippen LogP contribution in [0.3, 0.4) is 0 Å². The van der Waals surface area contributed by atoms with Crippen molar-refractivity contribution in [3.8, 4) is 23.0 Å². The maximum atomic E-state index is 10.9. The van der Waals surface area contributed by atoms with Crippen LogP contribution < -0.4 is 4.74 Å². The minimum atomic E-state index is -0.273. The summed E-state index contributed by atoms with van der Waals surface area (Å²) in [6.07, 6.45) is -0.273. The topological polar surface area (TPSA) is 76.4 Å². The van der Waals surface area contributed by atoms with E-state index in [1.165, 1.54) is 0 Å². The largest absolute Gasteiger partial charge is 0.508 e. The fraction of sp³-hybridized carbons (Fsp3) is 0.250. The summed E-state index contributed by atoms with van der Waals surface area (Å²) in [6, 6.07) is 18.1. The number of para-hydroxylation sites is 2. The van der Waals surface area contributed by atoms with Crippen molar-refractivity contribution >= 4 is 15.9 Å². The standard InChI is InChI=1S/C24H25BrN2O4/c1-31-18-12-19(23(30)20(25)13-18)24-26(14-16-6-2-4-8-21(16)28)10-11-27(24)15-17-7-3-5-9-22(17)29/h2-9,12-13,24,28-30H,10-11,14-15H2,1H3. The zero-order chi connectivity index (χ0) is 22.0. The molecule has 6 nitrogen and oxygen atoms in total. The summed E-state index contributed by atoms with van der Waals surface area (Å²) in [5, 5.41) is 31.5. The molecule has 3 N–H and O–H groups in total. The SMILES string of the molecule is COc1cc(Br)c(O)c(C2N(Cc3ccccc3O)CCN2Cc2ccccc2O)c1. The van der Waals surface area contributed by atoms with Crippen LogP contribution in [-0.4, -0.2) is 45.3 Å². The first-order valence-corrected chi connectivity index (χ1v) is 10.9. The van der Waals surface area contributed by atoms with Crippen molar-refractivity contribution in [1.82, 2.24) is 9.80 Å². The number of halogens is 1. The smallest absolute Gasteiger partial charge is 0.136 e. The van der Waals surface area contributed by atoms with Gasteiger partial charge in [-0.1, -0.05) is 36.4 Å². The lowest BCUT2D eigenvalue weighted by atomic mass is 10.1. The van der Waals surface area contributed by atoms with Crippen molar-refractivity contribution in [2.24, 2.45) is 0 Å². The number of nitrogens with zero attached hydrogens (tertiary/aromatic N) is 2. The molecule has 0 bridgehead atoms. The highest BCUT2D eigenvalue weighted by molar-refractivity contribution is 9.10. The van der Waals surface area contributed by atoms with Crippen LogP contribution in [0.1, 0.15) is 22.9 Å². The Balaban J connectivity index is 1.73. The molecule has 31 heavy (non-hydrogen) atoms. The maximum absolute atomic E-state index is 10.9. The molecule has 1 aliphatic rings. The van der Waals surface area contributed by atoms with E-state index in [2.05, 4.69) is 25.7 Å². The van der Waals surface area contributed by atoms with E-state index in [0.717, 1.165) is 24.2 Å². The fourth-order valence-corrected chi connectivity index (χ4v) is 4.55. The molecule has 0 aromatic heterocycles. The van der Waals surface area contributed by atoms with Gasteiger partial charge in [-0.3, -0.25) is 9.80 Å². The Morgan fingerprint density at radius 3 is 1.87 bits per heavy atom. The first-order valence-electron chi connectivity index (χ1n) is 10.1. The van der Waals surface area contributed by atoms with Crippen LogP contribution in [-0.2, 0) is 13.1 Å². The molecule has 1 aliphatic heterocycles. The predicted molar refractivity (Wildman–Crippen MR) is 122 cm³/mol. The molecule has 0 spiro atoms. The van der Waals surface area contributed by atoms with Gasteiger partial charge in [-0.15, -0.1) is 0 Å². The van der Waals surface area contributed by atoms with Crippen molar-refractivity contribution in [1.29, 1.82) is 0 Å². The van der Waals surface area contributed by atoms with Crippen molar-refractivity contribution in [3.63, 3.8) is 0 Å². The van der Waals surface area contributed by atoms with Gasteiger partial charge in [-0.25, -0.2) is 0 Å². The fourth-order valence-electron chi connectivity index (χ4n) is 4.09. The Morgan fingerprint density at radius 1 is 0.871 bits per heavy atom. The van der Waals surface area contributed by atoms with E-state index in [4.69, 9.17) is 4.74 Å². The molecule has 1 fully saturated rings. The van der Waals surface area contributed by atoms with Crippen LogP contribution in [0.5, 0.6) is 23.0 Å². The highest BCUT2D eigenvalue weighted by atomic mass is 79.9. The molecule has 0 radical (unpaired) electrons. The highest BCUT2D eigenvalue weighted by Gasteiger charge is 2.36. The molecular formula is C24H25BrN2O4. The van der Waals surface area contributed by atoms with Crippen LogP contribution in [0.15, 0.2) is 65.1 Å². The van der Waals surface area contributed by atoms with Crippen molar-refractivity contribution in [2.45, 2.75) is 19.3 Å². The van der Waals surface area contributed by atoms with Gasteiger partial charge in [-0.2, -0.15) is 0 Å². The number of methoxy groups -OCH3 is 1. The summed E-state index contributed by atoms with van der Waals surface area (Å²) < 4.78 is 5.99. The average molecular weight is 485 g/mol. The lowest BCUT2D eigenvalue weighted by molar-refractivity contribution is 0.121. The van der Waals surface area contributed by atoms with Gasteiger partial charge in [0.05, 0.1) is 17.7 Å². The molecule has 0 saturated carbocycles. The molecule has 1 heterocycles. The van der Waals surface area contributed by atoms with Gasteiger partial charge in [0.2, 0.25) is 0 Å². The molecule has 3 aromatic rings. The van der Waals surface area contributed by atoms with E-state index in [-0.39, 0.29) is 23.4 Å². The molecule has 0 unspecified atom stereocenters. The lowest BCUT2D eigenvalue weighted by Crippen LogP contribution is -2.30. The summed E-state index contributed by atoms with van der Waals surface area (Å²) in [5.74, 6) is 1.28. The van der Waals surface area contributed by atoms with Crippen LogP contribution in [0.4, 0.5) is 0 Å². The van der Waals surface area contributed by atoms with Crippen LogP contribution in [0.2, 0.25) is 0 Å². The zero-order valence-electron chi connectivity index (χ0n) is 17.2. The van der Waals surface area contributed by atoms with Crippen molar-refractivity contribution < 1.29 is 20.1 Å². The minimum Gasteiger partial charge on any atom is -0.508 e. The van der Waals surface area contributed by atoms with Crippen LogP contribution in [0.25, 0.3) is 0 Å². The quantitative estimate of drug-likeness (QED) is 0.474. The lowest BCUT2D eigenvalue weighted by Gasteiger charge is -2.32. The second-order valence-corrected chi connectivity index (χ2v) is 8.47. The number of phenols is 3. The maximum Gasteiger partial charge on any atom is 0.136 e. The average Bonchev–Trinajstić information content (AvgIpc) is 3.15. The van der Waals surface area contributed by atoms with Gasteiger partial charge >= 0.3 is 0 Å². The monoisotopic (exact) mass is 484 g/mol. The van der Waals surface area contributed by atoms with Gasteiger partial charge in [0.15, 0.2) is 0 Å². The number of hydrogen-bond donors (Lipinski definition) is 3. The third-order valence-electron chi connectivity index (χ3n) is 5.68. The first kappa shape index (κ1) is 21.5. The van der Waals surface area contributed by atoms with E-state index < -0.39 is 0 Å². The second-order valence-electron chi connectivity index (χ2n) is 7.62. The van der Waals surface area contributed by atoms with Gasteiger partial charge in [-0.05, 0) is 40.2 Å². The number of phenolic OH excluding ortho intramolecular Hbond substituents is 3. The minimum absolute atomic E-state index is 0.150. The Bertz CT molecular complexity index is 1020. The Labute approximate surface area is 190 Å². The Morgan fingerprint density at radius 2 is 1.39 bits per heavy atom. The van der Waals surface area contributed by atoms with Gasteiger partial charge in [0, 0.05) is 42.9 Å². The normalized spacial score (nSPS) is 15.4. The zero-order valence-corrected chi connectivity index (χ0v) is 18.8.